The second kappa shape index (κ2) is 6.11. The SMILES string of the molecule is Cc1cccn2c(=O)cc(COC(=O)c3ccc(F)cc3N)nc12. The molecule has 0 atom stereocenters. The molecule has 0 aliphatic heterocycles. The fourth-order valence-corrected chi connectivity index (χ4v) is 2.32. The fourth-order valence-electron chi connectivity index (χ4n) is 2.32. The highest BCUT2D eigenvalue weighted by molar-refractivity contribution is 5.94. The number of pyridine rings is 1. The predicted molar refractivity (Wildman–Crippen MR) is 86.1 cm³/mol. The van der Waals surface area contributed by atoms with Crippen LogP contribution in [-0.2, 0) is 11.3 Å². The number of esters is 1. The van der Waals surface area contributed by atoms with E-state index in [4.69, 9.17) is 10.5 Å². The van der Waals surface area contributed by atoms with Crippen molar-refractivity contribution in [3.63, 3.8) is 0 Å². The predicted octanol–water partition coefficient (Wildman–Crippen LogP) is 2.08. The molecule has 24 heavy (non-hydrogen) atoms. The Morgan fingerprint density at radius 2 is 2.12 bits per heavy atom. The summed E-state index contributed by atoms with van der Waals surface area (Å²) in [7, 11) is 0. The molecule has 0 saturated carbocycles. The molecule has 6 nitrogen and oxygen atoms in total. The number of carbonyl (C=O) groups is 1. The van der Waals surface area contributed by atoms with Crippen molar-refractivity contribution in [2.75, 3.05) is 5.73 Å². The second-order valence-corrected chi connectivity index (χ2v) is 5.28. The van der Waals surface area contributed by atoms with E-state index in [0.717, 1.165) is 17.7 Å². The van der Waals surface area contributed by atoms with Gasteiger partial charge in [0, 0.05) is 18.0 Å². The number of anilines is 1. The molecule has 2 aromatic heterocycles. The smallest absolute Gasteiger partial charge is 0.340 e. The van der Waals surface area contributed by atoms with E-state index in [1.807, 2.05) is 13.0 Å². The number of ether oxygens (including phenoxy) is 1. The number of rotatable bonds is 3. The Morgan fingerprint density at radius 3 is 2.88 bits per heavy atom. The summed E-state index contributed by atoms with van der Waals surface area (Å²) in [6.07, 6.45) is 1.62. The molecule has 122 valence electrons. The standard InChI is InChI=1S/C17H14FN3O3/c1-10-3-2-6-21-15(22)8-12(20-16(10)21)9-24-17(23)13-5-4-11(18)7-14(13)19/h2-8H,9,19H2,1H3. The molecule has 1 aromatic carbocycles. The number of fused-ring (bicyclic) bond motifs is 1. The van der Waals surface area contributed by atoms with Gasteiger partial charge in [-0.25, -0.2) is 14.2 Å². The highest BCUT2D eigenvalue weighted by atomic mass is 19.1. The van der Waals surface area contributed by atoms with Crippen molar-refractivity contribution in [3.05, 3.63) is 75.6 Å². The molecule has 0 bridgehead atoms. The largest absolute Gasteiger partial charge is 0.456 e. The maximum absolute atomic E-state index is 13.0. The first-order valence-corrected chi connectivity index (χ1v) is 7.16. The van der Waals surface area contributed by atoms with E-state index in [-0.39, 0.29) is 23.4 Å². The van der Waals surface area contributed by atoms with Crippen molar-refractivity contribution in [3.8, 4) is 0 Å². The molecule has 0 spiro atoms. The Morgan fingerprint density at radius 1 is 1.33 bits per heavy atom. The molecule has 0 amide bonds. The van der Waals surface area contributed by atoms with E-state index in [9.17, 15) is 14.0 Å². The molecule has 7 heteroatoms. The number of hydrogen-bond donors (Lipinski definition) is 1. The van der Waals surface area contributed by atoms with Crippen molar-refractivity contribution < 1.29 is 13.9 Å². The molecule has 0 fully saturated rings. The number of nitrogens with two attached hydrogens (primary N) is 1. The van der Waals surface area contributed by atoms with Gasteiger partial charge in [0.1, 0.15) is 18.1 Å². The van der Waals surface area contributed by atoms with E-state index in [0.29, 0.717) is 11.3 Å². The van der Waals surface area contributed by atoms with Gasteiger partial charge in [-0.2, -0.15) is 0 Å². The van der Waals surface area contributed by atoms with E-state index < -0.39 is 11.8 Å². The van der Waals surface area contributed by atoms with Gasteiger partial charge in [0.05, 0.1) is 11.3 Å². The number of nitrogen functional groups attached to an aromatic ring is 1. The van der Waals surface area contributed by atoms with Gasteiger partial charge in [-0.1, -0.05) is 6.07 Å². The summed E-state index contributed by atoms with van der Waals surface area (Å²) >= 11 is 0. The van der Waals surface area contributed by atoms with Crippen LogP contribution < -0.4 is 11.3 Å². The lowest BCUT2D eigenvalue weighted by Crippen LogP contribution is -2.17. The van der Waals surface area contributed by atoms with Gasteiger partial charge in [0.15, 0.2) is 0 Å². The fraction of sp³-hybridized carbons (Fsp3) is 0.118. The summed E-state index contributed by atoms with van der Waals surface area (Å²) < 4.78 is 19.6. The van der Waals surface area contributed by atoms with Crippen LogP contribution in [0.4, 0.5) is 10.1 Å². The molecule has 3 aromatic rings. The summed E-state index contributed by atoms with van der Waals surface area (Å²) in [6.45, 7) is 1.65. The number of carbonyl (C=O) groups excluding carboxylic acids is 1. The zero-order valence-electron chi connectivity index (χ0n) is 12.8. The number of aromatic nitrogens is 2. The summed E-state index contributed by atoms with van der Waals surface area (Å²) in [5.41, 5.74) is 7.03. The topological polar surface area (TPSA) is 86.7 Å². The van der Waals surface area contributed by atoms with Gasteiger partial charge >= 0.3 is 5.97 Å². The Labute approximate surface area is 136 Å². The minimum Gasteiger partial charge on any atom is -0.456 e. The average molecular weight is 327 g/mol. The Kier molecular flexibility index (Phi) is 3.99. The molecule has 3 rings (SSSR count). The lowest BCUT2D eigenvalue weighted by molar-refractivity contribution is 0.0469. The summed E-state index contributed by atoms with van der Waals surface area (Å²) in [5.74, 6) is -1.25. The normalized spacial score (nSPS) is 10.8. The van der Waals surface area contributed by atoms with Gasteiger partial charge in [-0.15, -0.1) is 0 Å². The molecule has 2 heterocycles. The average Bonchev–Trinajstić information content (AvgIpc) is 2.53. The van der Waals surface area contributed by atoms with Crippen LogP contribution in [0.2, 0.25) is 0 Å². The number of nitrogens with zero attached hydrogens (tertiary/aromatic N) is 2. The molecule has 0 aliphatic carbocycles. The van der Waals surface area contributed by atoms with Crippen molar-refractivity contribution in [2.24, 2.45) is 0 Å². The molecular formula is C17H14FN3O3. The van der Waals surface area contributed by atoms with Crippen LogP contribution in [0.3, 0.4) is 0 Å². The van der Waals surface area contributed by atoms with Crippen molar-refractivity contribution >= 4 is 17.3 Å². The first-order valence-electron chi connectivity index (χ1n) is 7.16. The van der Waals surface area contributed by atoms with Crippen LogP contribution in [-0.4, -0.2) is 15.4 Å². The highest BCUT2D eigenvalue weighted by Crippen LogP contribution is 2.15. The molecule has 0 radical (unpaired) electrons. The van der Waals surface area contributed by atoms with E-state index in [1.165, 1.54) is 16.5 Å². The van der Waals surface area contributed by atoms with Crippen LogP contribution in [0.5, 0.6) is 0 Å². The molecule has 0 saturated heterocycles. The summed E-state index contributed by atoms with van der Waals surface area (Å²) in [5, 5.41) is 0. The zero-order chi connectivity index (χ0) is 17.3. The third-order valence-corrected chi connectivity index (χ3v) is 3.52. The summed E-state index contributed by atoms with van der Waals surface area (Å²) in [6, 6.07) is 8.30. The minimum atomic E-state index is -0.709. The second-order valence-electron chi connectivity index (χ2n) is 5.28. The number of benzene rings is 1. The van der Waals surface area contributed by atoms with Crippen LogP contribution in [0.15, 0.2) is 47.4 Å². The molecular weight excluding hydrogens is 313 g/mol. The van der Waals surface area contributed by atoms with Crippen LogP contribution in [0.25, 0.3) is 5.65 Å². The van der Waals surface area contributed by atoms with E-state index in [2.05, 4.69) is 4.98 Å². The number of hydrogen-bond acceptors (Lipinski definition) is 5. The molecule has 2 N–H and O–H groups in total. The zero-order valence-corrected chi connectivity index (χ0v) is 12.8. The van der Waals surface area contributed by atoms with Gasteiger partial charge in [-0.05, 0) is 36.8 Å². The molecule has 0 unspecified atom stereocenters. The first-order chi connectivity index (χ1) is 11.5. The highest BCUT2D eigenvalue weighted by Gasteiger charge is 2.13. The lowest BCUT2D eigenvalue weighted by Gasteiger charge is -2.08. The van der Waals surface area contributed by atoms with Crippen LogP contribution >= 0.6 is 0 Å². The Bertz CT molecular complexity index is 998. The van der Waals surface area contributed by atoms with Crippen molar-refractivity contribution in [1.82, 2.24) is 9.38 Å². The maximum Gasteiger partial charge on any atom is 0.340 e. The van der Waals surface area contributed by atoms with E-state index >= 15 is 0 Å². The van der Waals surface area contributed by atoms with Crippen LogP contribution in [0, 0.1) is 12.7 Å². The maximum atomic E-state index is 13.0. The lowest BCUT2D eigenvalue weighted by atomic mass is 10.2. The summed E-state index contributed by atoms with van der Waals surface area (Å²) in [4.78, 5) is 28.4. The van der Waals surface area contributed by atoms with Gasteiger partial charge < -0.3 is 10.5 Å². The first kappa shape index (κ1) is 15.7. The minimum absolute atomic E-state index is 0.0117. The van der Waals surface area contributed by atoms with Gasteiger partial charge in [0.2, 0.25) is 0 Å². The van der Waals surface area contributed by atoms with Gasteiger partial charge in [-0.3, -0.25) is 9.20 Å². The number of halogens is 1. The van der Waals surface area contributed by atoms with E-state index in [1.54, 1.807) is 12.3 Å². The third-order valence-electron chi connectivity index (χ3n) is 3.52. The molecule has 0 aliphatic rings. The van der Waals surface area contributed by atoms with Gasteiger partial charge in [0.25, 0.3) is 5.56 Å². The monoisotopic (exact) mass is 327 g/mol. The third kappa shape index (κ3) is 2.96. The number of aryl methyl sites for hydroxylation is 1. The van der Waals surface area contributed by atoms with Crippen molar-refractivity contribution in [2.45, 2.75) is 13.5 Å². The Balaban J connectivity index is 1.84. The van der Waals surface area contributed by atoms with Crippen LogP contribution in [0.1, 0.15) is 21.6 Å². The quantitative estimate of drug-likeness (QED) is 0.588. The van der Waals surface area contributed by atoms with Crippen molar-refractivity contribution in [1.29, 1.82) is 0 Å². The Hall–Kier alpha value is -3.22.